The summed E-state index contributed by atoms with van der Waals surface area (Å²) in [5.41, 5.74) is 2.06. The molecule has 2 aromatic carbocycles. The molecule has 5 heterocycles. The lowest BCUT2D eigenvalue weighted by Crippen LogP contribution is -2.34. The zero-order valence-corrected chi connectivity index (χ0v) is 22.5. The fourth-order valence-electron chi connectivity index (χ4n) is 4.04. The average Bonchev–Trinajstić information content (AvgIpc) is 2.94. The second-order valence-electron chi connectivity index (χ2n) is 9.45. The van der Waals surface area contributed by atoms with Crippen LogP contribution in [0.5, 0.6) is 11.8 Å². The molecule has 0 aliphatic carbocycles. The van der Waals surface area contributed by atoms with Gasteiger partial charge in [0.1, 0.15) is 18.2 Å². The largest absolute Gasteiger partial charge is 0.492 e. The molecule has 41 heavy (non-hydrogen) atoms. The maximum absolute atomic E-state index is 12.8. The molecule has 2 amide bonds. The van der Waals surface area contributed by atoms with Crippen LogP contribution in [0.1, 0.15) is 47.1 Å². The van der Waals surface area contributed by atoms with Gasteiger partial charge in [0, 0.05) is 38.5 Å². The van der Waals surface area contributed by atoms with E-state index in [0.29, 0.717) is 44.0 Å². The standard InChI is InChI=1S/C28H31F3N6O4/c1-19(38)37-13-3-2-12-32-25(39)22-8-4-20(5-9-22)16-24-34-26(36-27(35-24)41-18-28(29,30)31)33-17-21-6-10-23(11-7-21)40-15-14-37/h4-11H,2-3,12-18H2,1H3,(H,32,39)(H,33,34,35,36). The molecule has 6 bridgehead atoms. The van der Waals surface area contributed by atoms with Crippen molar-refractivity contribution in [3.8, 4) is 11.8 Å². The average molecular weight is 573 g/mol. The van der Waals surface area contributed by atoms with Crippen molar-refractivity contribution in [2.45, 2.75) is 38.9 Å². The van der Waals surface area contributed by atoms with Crippen molar-refractivity contribution in [2.75, 3.05) is 38.2 Å². The SMILES string of the molecule is CC(=O)N1CCCCNC(=O)c2ccc(cc2)Cc2nc(nc(OCC(F)(F)F)n2)NCc2ccc(cc2)OCC1. The molecule has 0 radical (unpaired) electrons. The molecular weight excluding hydrogens is 541 g/mol. The van der Waals surface area contributed by atoms with Crippen LogP contribution in [0.25, 0.3) is 0 Å². The highest BCUT2D eigenvalue weighted by Gasteiger charge is 2.29. The van der Waals surface area contributed by atoms with E-state index in [1.807, 2.05) is 12.1 Å². The highest BCUT2D eigenvalue weighted by Crippen LogP contribution is 2.19. The second-order valence-corrected chi connectivity index (χ2v) is 9.45. The number of halogens is 3. The lowest BCUT2D eigenvalue weighted by Gasteiger charge is -2.21. The Bertz CT molecular complexity index is 1320. The molecule has 1 aromatic heterocycles. The van der Waals surface area contributed by atoms with Crippen LogP contribution in [0.4, 0.5) is 19.1 Å². The number of carbonyl (C=O) groups is 2. The number of amides is 2. The van der Waals surface area contributed by atoms with E-state index < -0.39 is 18.8 Å². The fourth-order valence-corrected chi connectivity index (χ4v) is 4.04. The number of aromatic nitrogens is 3. The van der Waals surface area contributed by atoms with Gasteiger partial charge in [-0.3, -0.25) is 9.59 Å². The molecule has 2 N–H and O–H groups in total. The molecule has 0 fully saturated rings. The Balaban J connectivity index is 1.55. The number of hydrogen-bond acceptors (Lipinski definition) is 8. The maximum Gasteiger partial charge on any atom is 0.422 e. The van der Waals surface area contributed by atoms with Crippen LogP contribution in [0.3, 0.4) is 0 Å². The zero-order valence-electron chi connectivity index (χ0n) is 22.5. The molecular formula is C28H31F3N6O4. The van der Waals surface area contributed by atoms with Crippen LogP contribution < -0.4 is 20.1 Å². The Morgan fingerprint density at radius 3 is 2.41 bits per heavy atom. The number of carbonyl (C=O) groups excluding carboxylic acids is 2. The summed E-state index contributed by atoms with van der Waals surface area (Å²) in [5.74, 6) is 0.611. The van der Waals surface area contributed by atoms with E-state index in [4.69, 9.17) is 9.47 Å². The first-order valence-electron chi connectivity index (χ1n) is 13.2. The minimum Gasteiger partial charge on any atom is -0.492 e. The van der Waals surface area contributed by atoms with Crippen molar-refractivity contribution in [1.29, 1.82) is 0 Å². The van der Waals surface area contributed by atoms with Gasteiger partial charge in [-0.1, -0.05) is 24.3 Å². The number of hydrogen-bond donors (Lipinski definition) is 2. The summed E-state index contributed by atoms with van der Waals surface area (Å²) in [6, 6.07) is 13.6. The quantitative estimate of drug-likeness (QED) is 0.477. The highest BCUT2D eigenvalue weighted by atomic mass is 19.4. The van der Waals surface area contributed by atoms with Gasteiger partial charge in [-0.2, -0.15) is 28.1 Å². The Morgan fingerprint density at radius 1 is 0.976 bits per heavy atom. The van der Waals surface area contributed by atoms with Gasteiger partial charge in [0.25, 0.3) is 5.91 Å². The van der Waals surface area contributed by atoms with E-state index in [1.54, 1.807) is 41.3 Å². The van der Waals surface area contributed by atoms with Crippen molar-refractivity contribution in [1.82, 2.24) is 25.2 Å². The van der Waals surface area contributed by atoms with Gasteiger partial charge in [0.2, 0.25) is 11.9 Å². The Morgan fingerprint density at radius 2 is 1.71 bits per heavy atom. The fraction of sp³-hybridized carbons (Fsp3) is 0.393. The summed E-state index contributed by atoms with van der Waals surface area (Å²) >= 11 is 0. The normalized spacial score (nSPS) is 15.3. The number of nitrogens with zero attached hydrogens (tertiary/aromatic N) is 4. The summed E-state index contributed by atoms with van der Waals surface area (Å²) < 4.78 is 48.9. The number of anilines is 1. The zero-order chi connectivity index (χ0) is 29.2. The molecule has 0 saturated carbocycles. The highest BCUT2D eigenvalue weighted by molar-refractivity contribution is 5.94. The summed E-state index contributed by atoms with van der Waals surface area (Å²) in [6.07, 6.45) is -2.95. The lowest BCUT2D eigenvalue weighted by atomic mass is 10.1. The van der Waals surface area contributed by atoms with Gasteiger partial charge in [0.15, 0.2) is 6.61 Å². The summed E-state index contributed by atoms with van der Waals surface area (Å²) in [4.78, 5) is 38.7. The van der Waals surface area contributed by atoms with Crippen LogP contribution in [-0.2, 0) is 17.8 Å². The van der Waals surface area contributed by atoms with Gasteiger partial charge in [0.05, 0.1) is 6.54 Å². The van der Waals surface area contributed by atoms with Gasteiger partial charge >= 0.3 is 12.2 Å². The molecule has 0 atom stereocenters. The molecule has 0 spiro atoms. The van der Waals surface area contributed by atoms with Crippen LogP contribution in [0.2, 0.25) is 0 Å². The van der Waals surface area contributed by atoms with Crippen molar-refractivity contribution in [3.63, 3.8) is 0 Å². The van der Waals surface area contributed by atoms with E-state index >= 15 is 0 Å². The number of benzene rings is 2. The molecule has 4 aliphatic heterocycles. The third-order valence-electron chi connectivity index (χ3n) is 6.19. The van der Waals surface area contributed by atoms with Crippen LogP contribution >= 0.6 is 0 Å². The van der Waals surface area contributed by atoms with Crippen molar-refractivity contribution >= 4 is 17.8 Å². The van der Waals surface area contributed by atoms with Gasteiger partial charge in [-0.05, 0) is 48.2 Å². The van der Waals surface area contributed by atoms with Crippen LogP contribution in [0, 0.1) is 0 Å². The number of rotatable bonds is 2. The minimum atomic E-state index is -4.55. The molecule has 13 heteroatoms. The topological polar surface area (TPSA) is 119 Å². The maximum atomic E-state index is 12.8. The van der Waals surface area contributed by atoms with E-state index in [-0.39, 0.29) is 36.6 Å². The summed E-state index contributed by atoms with van der Waals surface area (Å²) in [7, 11) is 0. The third kappa shape index (κ3) is 9.62. The number of nitrogens with one attached hydrogen (secondary N) is 2. The Kier molecular flexibility index (Phi) is 9.93. The molecule has 4 aliphatic rings. The van der Waals surface area contributed by atoms with Crippen LogP contribution in [-0.4, -0.2) is 70.7 Å². The smallest absolute Gasteiger partial charge is 0.422 e. The first-order chi connectivity index (χ1) is 19.6. The number of ether oxygens (including phenoxy) is 2. The van der Waals surface area contributed by atoms with E-state index in [0.717, 1.165) is 17.5 Å². The number of alkyl halides is 3. The lowest BCUT2D eigenvalue weighted by molar-refractivity contribution is -0.154. The molecule has 0 unspecified atom stereocenters. The van der Waals surface area contributed by atoms with E-state index in [1.165, 1.54) is 6.92 Å². The minimum absolute atomic E-state index is 0.0472. The molecule has 218 valence electrons. The monoisotopic (exact) mass is 572 g/mol. The predicted octanol–water partition coefficient (Wildman–Crippen LogP) is 3.77. The Labute approximate surface area is 235 Å². The molecule has 7 rings (SSSR count). The predicted molar refractivity (Wildman–Crippen MR) is 144 cm³/mol. The van der Waals surface area contributed by atoms with Crippen LogP contribution in [0.15, 0.2) is 48.5 Å². The second kappa shape index (κ2) is 13.8. The molecule has 10 nitrogen and oxygen atoms in total. The van der Waals surface area contributed by atoms with Gasteiger partial charge < -0.3 is 25.0 Å². The molecule has 3 aromatic rings. The van der Waals surface area contributed by atoms with E-state index in [2.05, 4.69) is 25.6 Å². The van der Waals surface area contributed by atoms with Crippen molar-refractivity contribution in [2.24, 2.45) is 0 Å². The summed E-state index contributed by atoms with van der Waals surface area (Å²) in [5, 5.41) is 5.88. The van der Waals surface area contributed by atoms with Gasteiger partial charge in [-0.25, -0.2) is 0 Å². The summed E-state index contributed by atoms with van der Waals surface area (Å²) in [6.45, 7) is 2.03. The third-order valence-corrected chi connectivity index (χ3v) is 6.19. The Hall–Kier alpha value is -4.42. The van der Waals surface area contributed by atoms with Crippen molar-refractivity contribution in [3.05, 3.63) is 71.0 Å². The van der Waals surface area contributed by atoms with E-state index in [9.17, 15) is 22.8 Å². The van der Waals surface area contributed by atoms with Gasteiger partial charge in [-0.15, -0.1) is 0 Å². The first kappa shape index (κ1) is 29.6. The molecule has 0 saturated heterocycles. The van der Waals surface area contributed by atoms with Crippen molar-refractivity contribution < 1.29 is 32.2 Å². The first-order valence-corrected chi connectivity index (χ1v) is 13.2.